The molecule has 2 unspecified atom stereocenters. The van der Waals surface area contributed by atoms with Gasteiger partial charge in [0.15, 0.2) is 6.10 Å². The monoisotopic (exact) mass is 760 g/mol. The second-order valence-electron chi connectivity index (χ2n) is 15.5. The molecule has 8 heteroatoms. The molecule has 0 amide bonds. The van der Waals surface area contributed by atoms with Gasteiger partial charge in [0, 0.05) is 19.3 Å². The minimum Gasteiger partial charge on any atom is -0.544 e. The van der Waals surface area contributed by atoms with Crippen LogP contribution in [0.2, 0.25) is 0 Å². The van der Waals surface area contributed by atoms with Crippen LogP contribution in [0.25, 0.3) is 0 Å². The maximum atomic E-state index is 12.7. The number of carbonyl (C=O) groups excluding carboxylic acids is 3. The number of hydrogen-bond donors (Lipinski definition) is 0. The van der Waals surface area contributed by atoms with Gasteiger partial charge in [-0.15, -0.1) is 0 Å². The molecule has 0 spiro atoms. The Morgan fingerprint density at radius 1 is 0.574 bits per heavy atom. The van der Waals surface area contributed by atoms with Crippen molar-refractivity contribution in [3.05, 3.63) is 48.6 Å². The molecule has 0 heterocycles. The topological polar surface area (TPSA) is 102 Å². The number of allylic oxidation sites excluding steroid dienone is 8. The van der Waals surface area contributed by atoms with E-state index in [-0.39, 0.29) is 42.7 Å². The summed E-state index contributed by atoms with van der Waals surface area (Å²) in [6.45, 7) is 4.49. The number of quaternary nitrogens is 1. The van der Waals surface area contributed by atoms with Gasteiger partial charge in [-0.1, -0.05) is 140 Å². The molecule has 0 aromatic carbocycles. The predicted octanol–water partition coefficient (Wildman–Crippen LogP) is 10.3. The van der Waals surface area contributed by atoms with E-state index in [0.29, 0.717) is 12.8 Å². The van der Waals surface area contributed by atoms with Crippen LogP contribution in [0.15, 0.2) is 48.6 Å². The highest BCUT2D eigenvalue weighted by molar-refractivity contribution is 5.70. The largest absolute Gasteiger partial charge is 0.544 e. The molecule has 0 aliphatic heterocycles. The average Bonchev–Trinajstić information content (AvgIpc) is 3.12. The molecular formula is C46H81NO7. The van der Waals surface area contributed by atoms with Crippen molar-refractivity contribution in [3.63, 3.8) is 0 Å². The van der Waals surface area contributed by atoms with E-state index in [1.165, 1.54) is 57.8 Å². The Hall–Kier alpha value is -2.71. The molecule has 0 radical (unpaired) electrons. The van der Waals surface area contributed by atoms with E-state index in [9.17, 15) is 19.5 Å². The van der Waals surface area contributed by atoms with E-state index >= 15 is 0 Å². The number of carboxylic acid groups (broad SMARTS) is 1. The van der Waals surface area contributed by atoms with Gasteiger partial charge in [0.1, 0.15) is 12.6 Å². The van der Waals surface area contributed by atoms with Gasteiger partial charge in [-0.2, -0.15) is 0 Å². The zero-order chi connectivity index (χ0) is 40.0. The zero-order valence-corrected chi connectivity index (χ0v) is 35.4. The molecule has 312 valence electrons. The van der Waals surface area contributed by atoms with Gasteiger partial charge in [0.05, 0.1) is 40.3 Å². The summed E-state index contributed by atoms with van der Waals surface area (Å²) in [6.07, 6.45) is 42.8. The Balaban J connectivity index is 4.30. The number of rotatable bonds is 38. The number of hydrogen-bond acceptors (Lipinski definition) is 7. The maximum Gasteiger partial charge on any atom is 0.306 e. The quantitative estimate of drug-likeness (QED) is 0.0267. The van der Waals surface area contributed by atoms with E-state index in [1.807, 2.05) is 0 Å². The van der Waals surface area contributed by atoms with Crippen LogP contribution in [-0.2, 0) is 28.6 Å². The molecule has 0 aromatic heterocycles. The normalized spacial score (nSPS) is 13.4. The number of likely N-dealkylation sites (N-methyl/N-ethyl adjacent to an activating group) is 1. The first-order valence-electron chi connectivity index (χ1n) is 21.7. The number of ether oxygens (including phenoxy) is 3. The lowest BCUT2D eigenvalue weighted by atomic mass is 10.1. The van der Waals surface area contributed by atoms with Crippen LogP contribution in [-0.4, -0.2) is 75.5 Å². The fourth-order valence-electron chi connectivity index (χ4n) is 6.07. The SMILES string of the molecule is CC/C=C/C/C=C/C/C=C/CCCCCCCCCCCC(=O)OCC(COCCC(C(=O)[O-])[N+](C)(C)C)OC(=O)CCCCCCC/C=C/CCCC. The summed E-state index contributed by atoms with van der Waals surface area (Å²) in [5, 5.41) is 11.6. The van der Waals surface area contributed by atoms with Gasteiger partial charge in [0.2, 0.25) is 0 Å². The molecule has 0 saturated heterocycles. The minimum atomic E-state index is -1.13. The molecule has 2 atom stereocenters. The zero-order valence-electron chi connectivity index (χ0n) is 35.4. The Morgan fingerprint density at radius 3 is 1.56 bits per heavy atom. The van der Waals surface area contributed by atoms with Crippen molar-refractivity contribution in [2.24, 2.45) is 0 Å². The standard InChI is InChI=1S/C46H81NO7/c1-6-8-10-12-14-16-18-19-20-21-22-23-24-25-27-28-30-32-34-36-44(48)53-41-42(40-52-39-38-43(46(50)51)47(3,4)5)54-45(49)37-35-33-31-29-26-17-15-13-11-9-7-2/h8,10,13-16,19-20,42-43H,6-7,9,11-12,17-18,21-41H2,1-5H3/b10-8+,15-13+,16-14+,20-19+. The van der Waals surface area contributed by atoms with Gasteiger partial charge < -0.3 is 28.6 Å². The molecule has 0 N–H and O–H groups in total. The number of carboxylic acids is 1. The molecule has 0 rings (SSSR count). The molecule has 0 saturated carbocycles. The second kappa shape index (κ2) is 37.2. The highest BCUT2D eigenvalue weighted by atomic mass is 16.6. The van der Waals surface area contributed by atoms with Gasteiger partial charge in [-0.05, 0) is 64.2 Å². The number of unbranched alkanes of at least 4 members (excludes halogenated alkanes) is 16. The van der Waals surface area contributed by atoms with Crippen molar-refractivity contribution in [3.8, 4) is 0 Å². The average molecular weight is 760 g/mol. The first-order valence-corrected chi connectivity index (χ1v) is 21.7. The van der Waals surface area contributed by atoms with Gasteiger partial charge in [-0.25, -0.2) is 0 Å². The van der Waals surface area contributed by atoms with Gasteiger partial charge in [-0.3, -0.25) is 9.59 Å². The first-order chi connectivity index (χ1) is 26.1. The van der Waals surface area contributed by atoms with Crippen molar-refractivity contribution in [1.82, 2.24) is 0 Å². The summed E-state index contributed by atoms with van der Waals surface area (Å²) in [6, 6.07) is -0.727. The molecule has 0 aromatic rings. The lowest BCUT2D eigenvalue weighted by Crippen LogP contribution is -2.55. The highest BCUT2D eigenvalue weighted by Crippen LogP contribution is 2.14. The number of esters is 2. The molecule has 0 aliphatic carbocycles. The van der Waals surface area contributed by atoms with Crippen molar-refractivity contribution in [1.29, 1.82) is 0 Å². The summed E-state index contributed by atoms with van der Waals surface area (Å²) >= 11 is 0. The van der Waals surface area contributed by atoms with E-state index in [0.717, 1.165) is 83.5 Å². The maximum absolute atomic E-state index is 12.7. The third-order valence-corrected chi connectivity index (χ3v) is 9.45. The number of carbonyl (C=O) groups is 3. The molecule has 0 aliphatic rings. The van der Waals surface area contributed by atoms with Crippen LogP contribution in [0.3, 0.4) is 0 Å². The van der Waals surface area contributed by atoms with Crippen LogP contribution >= 0.6 is 0 Å². The van der Waals surface area contributed by atoms with Gasteiger partial charge in [0.25, 0.3) is 0 Å². The Morgan fingerprint density at radius 2 is 1.04 bits per heavy atom. The summed E-state index contributed by atoms with van der Waals surface area (Å²) in [5.74, 6) is -1.76. The van der Waals surface area contributed by atoms with E-state index in [4.69, 9.17) is 14.2 Å². The minimum absolute atomic E-state index is 0.0351. The molecular weight excluding hydrogens is 679 g/mol. The molecule has 0 bridgehead atoms. The highest BCUT2D eigenvalue weighted by Gasteiger charge is 2.25. The van der Waals surface area contributed by atoms with E-state index in [2.05, 4.69) is 62.5 Å². The summed E-state index contributed by atoms with van der Waals surface area (Å²) in [4.78, 5) is 36.8. The van der Waals surface area contributed by atoms with E-state index < -0.39 is 18.1 Å². The predicted molar refractivity (Wildman–Crippen MR) is 222 cm³/mol. The lowest BCUT2D eigenvalue weighted by molar-refractivity contribution is -0.889. The Labute approximate surface area is 331 Å². The summed E-state index contributed by atoms with van der Waals surface area (Å²) in [5.41, 5.74) is 0. The van der Waals surface area contributed by atoms with Crippen molar-refractivity contribution in [2.75, 3.05) is 41.0 Å². The second-order valence-corrected chi connectivity index (χ2v) is 15.5. The Bertz CT molecular complexity index is 1030. The number of nitrogens with zero attached hydrogens (tertiary/aromatic N) is 1. The van der Waals surface area contributed by atoms with E-state index in [1.54, 1.807) is 21.1 Å². The molecule has 54 heavy (non-hydrogen) atoms. The Kier molecular flexibility index (Phi) is 35.4. The van der Waals surface area contributed by atoms with Crippen LogP contribution in [0, 0.1) is 0 Å². The molecule has 0 fully saturated rings. The van der Waals surface area contributed by atoms with Crippen molar-refractivity contribution >= 4 is 17.9 Å². The fraction of sp³-hybridized carbons (Fsp3) is 0.761. The van der Waals surface area contributed by atoms with Crippen LogP contribution in [0.1, 0.15) is 174 Å². The van der Waals surface area contributed by atoms with Crippen molar-refractivity contribution in [2.45, 2.75) is 187 Å². The van der Waals surface area contributed by atoms with Crippen molar-refractivity contribution < 1.29 is 38.2 Å². The third kappa shape index (κ3) is 35.0. The summed E-state index contributed by atoms with van der Waals surface area (Å²) in [7, 11) is 5.40. The van der Waals surface area contributed by atoms with Crippen LogP contribution in [0.4, 0.5) is 0 Å². The number of aliphatic carboxylic acids is 1. The fourth-order valence-corrected chi connectivity index (χ4v) is 6.07. The summed E-state index contributed by atoms with van der Waals surface area (Å²) < 4.78 is 17.1. The lowest BCUT2D eigenvalue weighted by Gasteiger charge is -2.34. The van der Waals surface area contributed by atoms with Crippen LogP contribution in [0.5, 0.6) is 0 Å². The third-order valence-electron chi connectivity index (χ3n) is 9.45. The first kappa shape index (κ1) is 51.3. The van der Waals surface area contributed by atoms with Gasteiger partial charge >= 0.3 is 11.9 Å². The van der Waals surface area contributed by atoms with Crippen LogP contribution < -0.4 is 5.11 Å². The molecule has 8 nitrogen and oxygen atoms in total. The smallest absolute Gasteiger partial charge is 0.306 e.